The van der Waals surface area contributed by atoms with Crippen LogP contribution in [0.1, 0.15) is 17.5 Å². The van der Waals surface area contributed by atoms with Crippen LogP contribution in [0.2, 0.25) is 0 Å². The molecule has 0 radical (unpaired) electrons. The third-order valence-electron chi connectivity index (χ3n) is 5.93. The van der Waals surface area contributed by atoms with Crippen molar-refractivity contribution in [2.24, 2.45) is 5.92 Å². The minimum atomic E-state index is -0.480. The number of para-hydroxylation sites is 2. The molecule has 0 spiro atoms. The van der Waals surface area contributed by atoms with Gasteiger partial charge in [-0.15, -0.1) is 0 Å². The molecule has 0 saturated carbocycles. The van der Waals surface area contributed by atoms with Crippen LogP contribution in [-0.4, -0.2) is 49.5 Å². The number of nitrogens with one attached hydrogen (secondary N) is 1. The second-order valence-corrected chi connectivity index (χ2v) is 7.78. The molecule has 0 aliphatic carbocycles. The normalized spacial score (nSPS) is 19.1. The first-order chi connectivity index (χ1) is 14.0. The van der Waals surface area contributed by atoms with Gasteiger partial charge in [-0.25, -0.2) is 0 Å². The number of fused-ring (bicyclic) bond motifs is 1. The monoisotopic (exact) mass is 393 g/mol. The quantitative estimate of drug-likeness (QED) is 0.871. The number of hydrogen-bond acceptors (Lipinski definition) is 4. The van der Waals surface area contributed by atoms with E-state index in [1.807, 2.05) is 29.2 Å². The fourth-order valence-corrected chi connectivity index (χ4v) is 3.96. The lowest BCUT2D eigenvalue weighted by Gasteiger charge is -2.37. The zero-order valence-electron chi connectivity index (χ0n) is 17.0. The van der Waals surface area contributed by atoms with E-state index in [1.54, 1.807) is 0 Å². The third kappa shape index (κ3) is 4.06. The Morgan fingerprint density at radius 1 is 1.07 bits per heavy atom. The highest BCUT2D eigenvalue weighted by molar-refractivity contribution is 5.97. The Morgan fingerprint density at radius 3 is 2.62 bits per heavy atom. The molecular weight excluding hydrogens is 366 g/mol. The molecule has 1 N–H and O–H groups in total. The van der Waals surface area contributed by atoms with E-state index < -0.39 is 5.92 Å². The number of anilines is 2. The van der Waals surface area contributed by atoms with Gasteiger partial charge in [-0.3, -0.25) is 9.59 Å². The van der Waals surface area contributed by atoms with E-state index >= 15 is 0 Å². The summed E-state index contributed by atoms with van der Waals surface area (Å²) in [6.45, 7) is 7.42. The van der Waals surface area contributed by atoms with Crippen LogP contribution < -0.4 is 15.0 Å². The maximum atomic E-state index is 12.8. The van der Waals surface area contributed by atoms with Crippen LogP contribution in [0.4, 0.5) is 11.4 Å². The topological polar surface area (TPSA) is 61.9 Å². The highest BCUT2D eigenvalue weighted by Crippen LogP contribution is 2.29. The van der Waals surface area contributed by atoms with E-state index in [-0.39, 0.29) is 24.8 Å². The summed E-state index contributed by atoms with van der Waals surface area (Å²) in [6.07, 6.45) is 0.170. The molecule has 6 nitrogen and oxygen atoms in total. The highest BCUT2D eigenvalue weighted by Gasteiger charge is 2.30. The van der Waals surface area contributed by atoms with E-state index in [0.717, 1.165) is 13.1 Å². The van der Waals surface area contributed by atoms with Crippen molar-refractivity contribution < 1.29 is 14.3 Å². The summed E-state index contributed by atoms with van der Waals surface area (Å²) >= 11 is 0. The smallest absolute Gasteiger partial charge is 0.231 e. The molecule has 0 bridgehead atoms. The molecule has 1 fully saturated rings. The number of carbonyl (C=O) groups excluding carboxylic acids is 2. The molecule has 2 aliphatic rings. The molecule has 2 aliphatic heterocycles. The number of aryl methyl sites for hydroxylation is 1. The molecule has 2 aromatic rings. The predicted octanol–water partition coefficient (Wildman–Crippen LogP) is 2.99. The van der Waals surface area contributed by atoms with Crippen LogP contribution >= 0.6 is 0 Å². The van der Waals surface area contributed by atoms with Gasteiger partial charge in [0.15, 0.2) is 0 Å². The molecule has 29 heavy (non-hydrogen) atoms. The number of rotatable bonds is 3. The first-order valence-corrected chi connectivity index (χ1v) is 10.1. The summed E-state index contributed by atoms with van der Waals surface area (Å²) in [4.78, 5) is 29.6. The summed E-state index contributed by atoms with van der Waals surface area (Å²) in [5, 5.41) is 2.88. The molecule has 2 aromatic carbocycles. The Labute approximate surface area is 171 Å². The van der Waals surface area contributed by atoms with Gasteiger partial charge in [0.2, 0.25) is 11.8 Å². The molecular formula is C23H27N3O3. The number of carbonyl (C=O) groups is 2. The Kier molecular flexibility index (Phi) is 5.43. The number of hydrogen-bond donors (Lipinski definition) is 1. The van der Waals surface area contributed by atoms with Gasteiger partial charge in [0, 0.05) is 38.3 Å². The van der Waals surface area contributed by atoms with Gasteiger partial charge < -0.3 is 19.9 Å². The first-order valence-electron chi connectivity index (χ1n) is 10.1. The van der Waals surface area contributed by atoms with E-state index in [1.165, 1.54) is 16.8 Å². The number of nitrogens with zero attached hydrogens (tertiary/aromatic N) is 2. The van der Waals surface area contributed by atoms with Crippen LogP contribution in [-0.2, 0) is 9.59 Å². The van der Waals surface area contributed by atoms with Crippen LogP contribution in [0.25, 0.3) is 0 Å². The van der Waals surface area contributed by atoms with Crippen LogP contribution in [0, 0.1) is 19.8 Å². The average molecular weight is 393 g/mol. The maximum absolute atomic E-state index is 12.8. The molecule has 1 unspecified atom stereocenters. The predicted molar refractivity (Wildman–Crippen MR) is 113 cm³/mol. The van der Waals surface area contributed by atoms with Gasteiger partial charge in [-0.05, 0) is 43.2 Å². The number of amides is 2. The lowest BCUT2D eigenvalue weighted by molar-refractivity contribution is -0.135. The third-order valence-corrected chi connectivity index (χ3v) is 5.93. The van der Waals surface area contributed by atoms with Gasteiger partial charge >= 0.3 is 0 Å². The van der Waals surface area contributed by atoms with Crippen molar-refractivity contribution in [1.29, 1.82) is 0 Å². The van der Waals surface area contributed by atoms with E-state index in [4.69, 9.17) is 4.74 Å². The lowest BCUT2D eigenvalue weighted by atomic mass is 10.0. The van der Waals surface area contributed by atoms with Crippen LogP contribution in [0.5, 0.6) is 5.75 Å². The van der Waals surface area contributed by atoms with Crippen molar-refractivity contribution >= 4 is 23.2 Å². The Bertz CT molecular complexity index is 919. The average Bonchev–Trinajstić information content (AvgIpc) is 2.89. The van der Waals surface area contributed by atoms with Gasteiger partial charge in [0.05, 0.1) is 11.6 Å². The summed E-state index contributed by atoms with van der Waals surface area (Å²) in [6, 6.07) is 13.7. The number of piperazine rings is 1. The van der Waals surface area contributed by atoms with Crippen molar-refractivity contribution in [3.05, 3.63) is 53.6 Å². The van der Waals surface area contributed by atoms with Crippen molar-refractivity contribution in [3.8, 4) is 5.75 Å². The highest BCUT2D eigenvalue weighted by atomic mass is 16.5. The molecule has 0 aromatic heterocycles. The fourth-order valence-electron chi connectivity index (χ4n) is 3.96. The maximum Gasteiger partial charge on any atom is 0.231 e. The van der Waals surface area contributed by atoms with Gasteiger partial charge in [-0.1, -0.05) is 24.3 Å². The SMILES string of the molecule is Cc1cccc(N2CCN(C(=O)CC3COc4ccccc4NC3=O)CC2)c1C. The Hall–Kier alpha value is -3.02. The second kappa shape index (κ2) is 8.15. The van der Waals surface area contributed by atoms with Gasteiger partial charge in [0.1, 0.15) is 12.4 Å². The largest absolute Gasteiger partial charge is 0.491 e. The second-order valence-electron chi connectivity index (χ2n) is 7.78. The van der Waals surface area contributed by atoms with Crippen molar-refractivity contribution in [3.63, 3.8) is 0 Å². The summed E-state index contributed by atoms with van der Waals surface area (Å²) in [7, 11) is 0. The molecule has 1 saturated heterocycles. The molecule has 6 heteroatoms. The first kappa shape index (κ1) is 19.3. The Balaban J connectivity index is 1.34. The number of benzene rings is 2. The lowest BCUT2D eigenvalue weighted by Crippen LogP contribution is -2.49. The fraction of sp³-hybridized carbons (Fsp3) is 0.391. The zero-order chi connectivity index (χ0) is 20.4. The van der Waals surface area contributed by atoms with Crippen LogP contribution in [0.3, 0.4) is 0 Å². The molecule has 4 rings (SSSR count). The van der Waals surface area contributed by atoms with E-state index in [0.29, 0.717) is 24.5 Å². The van der Waals surface area contributed by atoms with Crippen molar-refractivity contribution in [1.82, 2.24) is 4.90 Å². The standard InChI is InChI=1S/C23H27N3O3/c1-16-6-5-8-20(17(16)2)25-10-12-26(13-11-25)22(27)14-18-15-29-21-9-4-3-7-19(21)24-23(18)28/h3-9,18H,10-15H2,1-2H3,(H,24,28). The molecule has 152 valence electrons. The molecule has 2 amide bonds. The Morgan fingerprint density at radius 2 is 1.83 bits per heavy atom. The summed E-state index contributed by atoms with van der Waals surface area (Å²) < 4.78 is 5.76. The molecule has 2 heterocycles. The van der Waals surface area contributed by atoms with Crippen molar-refractivity contribution in [2.45, 2.75) is 20.3 Å². The van der Waals surface area contributed by atoms with E-state index in [2.05, 4.69) is 42.3 Å². The van der Waals surface area contributed by atoms with E-state index in [9.17, 15) is 9.59 Å². The zero-order valence-corrected chi connectivity index (χ0v) is 17.0. The number of ether oxygens (including phenoxy) is 1. The summed E-state index contributed by atoms with van der Waals surface area (Å²) in [5.41, 5.74) is 4.47. The summed E-state index contributed by atoms with van der Waals surface area (Å²) in [5.74, 6) is 0.0301. The molecule has 1 atom stereocenters. The minimum Gasteiger partial charge on any atom is -0.491 e. The van der Waals surface area contributed by atoms with Gasteiger partial charge in [0.25, 0.3) is 0 Å². The van der Waals surface area contributed by atoms with Gasteiger partial charge in [-0.2, -0.15) is 0 Å². The van der Waals surface area contributed by atoms with Crippen LogP contribution in [0.15, 0.2) is 42.5 Å². The van der Waals surface area contributed by atoms with Crippen molar-refractivity contribution in [2.75, 3.05) is 43.0 Å². The minimum absolute atomic E-state index is 0.0142.